The zero-order valence-corrected chi connectivity index (χ0v) is 16.2. The topological polar surface area (TPSA) is 79.1 Å². The Morgan fingerprint density at radius 3 is 2.39 bits per heavy atom. The average Bonchev–Trinajstić information content (AvgIpc) is 3.08. The molecule has 0 bridgehead atoms. The highest BCUT2D eigenvalue weighted by Gasteiger charge is 2.38. The molecule has 2 N–H and O–H groups in total. The number of benzene rings is 2. The van der Waals surface area contributed by atoms with Crippen molar-refractivity contribution in [1.29, 1.82) is 5.26 Å². The molecule has 4 rings (SSSR count). The Kier molecular flexibility index (Phi) is 4.40. The molecule has 1 aromatic heterocycles. The zero-order chi connectivity index (χ0) is 19.8. The molecule has 5 heteroatoms. The van der Waals surface area contributed by atoms with Crippen LogP contribution in [0.3, 0.4) is 0 Å². The lowest BCUT2D eigenvalue weighted by atomic mass is 9.85. The van der Waals surface area contributed by atoms with Gasteiger partial charge >= 0.3 is 0 Å². The number of anilines is 2. The van der Waals surface area contributed by atoms with Crippen molar-refractivity contribution in [3.63, 3.8) is 0 Å². The minimum Gasteiger partial charge on any atom is -0.424 e. The van der Waals surface area contributed by atoms with Crippen LogP contribution in [-0.4, -0.2) is 4.98 Å². The highest BCUT2D eigenvalue weighted by atomic mass is 16.4. The first-order valence-corrected chi connectivity index (χ1v) is 9.36. The van der Waals surface area contributed by atoms with Gasteiger partial charge in [0.25, 0.3) is 0 Å². The van der Waals surface area contributed by atoms with Gasteiger partial charge in [0.05, 0.1) is 23.2 Å². The Morgan fingerprint density at radius 2 is 1.79 bits per heavy atom. The van der Waals surface area contributed by atoms with E-state index in [-0.39, 0.29) is 5.92 Å². The molecule has 1 unspecified atom stereocenters. The van der Waals surface area contributed by atoms with Crippen LogP contribution in [0.1, 0.15) is 41.1 Å². The van der Waals surface area contributed by atoms with Crippen molar-refractivity contribution >= 4 is 11.6 Å². The van der Waals surface area contributed by atoms with Crippen molar-refractivity contribution in [2.75, 3.05) is 4.90 Å². The molecule has 2 aromatic carbocycles. The second-order valence-electron chi connectivity index (χ2n) is 7.03. The maximum Gasteiger partial charge on any atom is 0.230 e. The highest BCUT2D eigenvalue weighted by Crippen LogP contribution is 2.46. The minimum absolute atomic E-state index is 0.343. The van der Waals surface area contributed by atoms with E-state index >= 15 is 0 Å². The number of rotatable bonds is 3. The van der Waals surface area contributed by atoms with E-state index in [1.165, 1.54) is 5.56 Å². The van der Waals surface area contributed by atoms with Crippen LogP contribution in [0.4, 0.5) is 11.6 Å². The van der Waals surface area contributed by atoms with Crippen LogP contribution >= 0.6 is 0 Å². The van der Waals surface area contributed by atoms with Gasteiger partial charge in [-0.1, -0.05) is 48.9 Å². The Bertz CT molecular complexity index is 1090. The number of hydrogen-bond donors (Lipinski definition) is 1. The molecular weight excluding hydrogens is 348 g/mol. The van der Waals surface area contributed by atoms with Crippen LogP contribution in [0, 0.1) is 25.2 Å². The van der Waals surface area contributed by atoms with Gasteiger partial charge in [-0.2, -0.15) is 5.26 Å². The third-order valence-electron chi connectivity index (χ3n) is 5.16. The fraction of sp³-hybridized carbons (Fsp3) is 0.217. The van der Waals surface area contributed by atoms with E-state index in [0.29, 0.717) is 28.9 Å². The molecule has 3 aromatic rings. The van der Waals surface area contributed by atoms with E-state index in [1.807, 2.05) is 50.2 Å². The summed E-state index contributed by atoms with van der Waals surface area (Å²) in [4.78, 5) is 6.41. The number of nitrogens with zero attached hydrogens (tertiary/aromatic N) is 3. The van der Waals surface area contributed by atoms with E-state index in [4.69, 9.17) is 10.2 Å². The molecule has 0 amide bonds. The van der Waals surface area contributed by atoms with Crippen LogP contribution in [0.2, 0.25) is 0 Å². The number of aromatic nitrogens is 1. The third kappa shape index (κ3) is 2.84. The summed E-state index contributed by atoms with van der Waals surface area (Å²) in [6.45, 7) is 5.96. The molecule has 0 saturated carbocycles. The molecule has 0 fully saturated rings. The quantitative estimate of drug-likeness (QED) is 0.714. The maximum atomic E-state index is 9.96. The van der Waals surface area contributed by atoms with Gasteiger partial charge in [0, 0.05) is 6.92 Å². The van der Waals surface area contributed by atoms with Gasteiger partial charge in [0.2, 0.25) is 5.88 Å². The minimum atomic E-state index is -0.343. The van der Waals surface area contributed by atoms with E-state index < -0.39 is 0 Å². The standard InChI is InChI=1S/C23H22N4O/c1-4-16-7-9-17(10-8-16)20-19(13-24)22(25)27(18-11-5-14(2)6-12-18)23-21(20)26-15(3)28-23/h5-12,20H,4,25H2,1-3H3. The van der Waals surface area contributed by atoms with Gasteiger partial charge in [0.1, 0.15) is 11.5 Å². The monoisotopic (exact) mass is 370 g/mol. The zero-order valence-electron chi connectivity index (χ0n) is 16.2. The first kappa shape index (κ1) is 17.9. The Balaban J connectivity index is 1.92. The number of hydrogen-bond acceptors (Lipinski definition) is 5. The smallest absolute Gasteiger partial charge is 0.230 e. The van der Waals surface area contributed by atoms with Gasteiger partial charge in [-0.15, -0.1) is 0 Å². The molecule has 140 valence electrons. The number of allylic oxidation sites excluding steroid dienone is 1. The molecule has 5 nitrogen and oxygen atoms in total. The SMILES string of the molecule is CCc1ccc(C2C(C#N)=C(N)N(c3ccc(C)cc3)c3oc(C)nc32)cc1. The van der Waals surface area contributed by atoms with Crippen molar-refractivity contribution < 1.29 is 4.42 Å². The summed E-state index contributed by atoms with van der Waals surface area (Å²) in [6.07, 6.45) is 0.962. The van der Waals surface area contributed by atoms with Crippen molar-refractivity contribution in [3.05, 3.63) is 88.2 Å². The molecule has 0 aliphatic carbocycles. The molecule has 1 aliphatic rings. The van der Waals surface area contributed by atoms with Crippen molar-refractivity contribution in [3.8, 4) is 6.07 Å². The third-order valence-corrected chi connectivity index (χ3v) is 5.16. The van der Waals surface area contributed by atoms with Crippen molar-refractivity contribution in [1.82, 2.24) is 4.98 Å². The van der Waals surface area contributed by atoms with Gasteiger partial charge in [-0.25, -0.2) is 4.98 Å². The van der Waals surface area contributed by atoms with Gasteiger partial charge in [0.15, 0.2) is 5.89 Å². The van der Waals surface area contributed by atoms with Gasteiger partial charge < -0.3 is 10.2 Å². The molecular formula is C23H22N4O. The number of nitrogens with two attached hydrogens (primary N) is 1. The van der Waals surface area contributed by atoms with E-state index in [0.717, 1.165) is 23.2 Å². The molecule has 1 atom stereocenters. The largest absolute Gasteiger partial charge is 0.424 e. The second-order valence-corrected chi connectivity index (χ2v) is 7.03. The molecule has 0 radical (unpaired) electrons. The Labute approximate surface area is 164 Å². The molecule has 2 heterocycles. The Morgan fingerprint density at radius 1 is 1.11 bits per heavy atom. The summed E-state index contributed by atoms with van der Waals surface area (Å²) in [5, 5.41) is 9.96. The fourth-order valence-corrected chi connectivity index (χ4v) is 3.64. The van der Waals surface area contributed by atoms with Gasteiger partial charge in [-0.05, 0) is 36.6 Å². The number of oxazole rings is 1. The molecule has 1 aliphatic heterocycles. The second kappa shape index (κ2) is 6.90. The van der Waals surface area contributed by atoms with Crippen molar-refractivity contribution in [2.45, 2.75) is 33.1 Å². The van der Waals surface area contributed by atoms with E-state index in [1.54, 1.807) is 4.90 Å². The normalized spacial score (nSPS) is 16.1. The van der Waals surface area contributed by atoms with Gasteiger partial charge in [-0.3, -0.25) is 4.90 Å². The summed E-state index contributed by atoms with van der Waals surface area (Å²) in [6, 6.07) is 18.5. The maximum absolute atomic E-state index is 9.96. The molecule has 0 spiro atoms. The fourth-order valence-electron chi connectivity index (χ4n) is 3.64. The number of nitriles is 1. The van der Waals surface area contributed by atoms with Crippen molar-refractivity contribution in [2.24, 2.45) is 5.73 Å². The summed E-state index contributed by atoms with van der Waals surface area (Å²) in [5.74, 6) is 1.15. The van der Waals surface area contributed by atoms with Crippen LogP contribution in [0.15, 0.2) is 64.3 Å². The lowest BCUT2D eigenvalue weighted by Crippen LogP contribution is -2.31. The van der Waals surface area contributed by atoms with E-state index in [9.17, 15) is 5.26 Å². The number of fused-ring (bicyclic) bond motifs is 1. The van der Waals surface area contributed by atoms with Crippen LogP contribution in [0.5, 0.6) is 0 Å². The van der Waals surface area contributed by atoms with Crippen LogP contribution in [-0.2, 0) is 6.42 Å². The summed E-state index contributed by atoms with van der Waals surface area (Å²) >= 11 is 0. The number of aryl methyl sites for hydroxylation is 3. The summed E-state index contributed by atoms with van der Waals surface area (Å²) < 4.78 is 5.95. The summed E-state index contributed by atoms with van der Waals surface area (Å²) in [5.41, 5.74) is 11.9. The first-order chi connectivity index (χ1) is 13.5. The molecule has 0 saturated heterocycles. The molecule has 28 heavy (non-hydrogen) atoms. The highest BCUT2D eigenvalue weighted by molar-refractivity contribution is 5.73. The predicted octanol–water partition coefficient (Wildman–Crippen LogP) is 4.83. The lowest BCUT2D eigenvalue weighted by molar-refractivity contribution is 0.522. The van der Waals surface area contributed by atoms with E-state index in [2.05, 4.69) is 30.1 Å². The van der Waals surface area contributed by atoms with Crippen LogP contribution in [0.25, 0.3) is 0 Å². The first-order valence-electron chi connectivity index (χ1n) is 9.36. The van der Waals surface area contributed by atoms with Crippen LogP contribution < -0.4 is 10.6 Å². The summed E-state index contributed by atoms with van der Waals surface area (Å²) in [7, 11) is 0. The average molecular weight is 370 g/mol. The lowest BCUT2D eigenvalue weighted by Gasteiger charge is -2.31. The Hall–Kier alpha value is -3.52. The predicted molar refractivity (Wildman–Crippen MR) is 109 cm³/mol.